The van der Waals surface area contributed by atoms with Crippen LogP contribution in [0.5, 0.6) is 0 Å². The van der Waals surface area contributed by atoms with E-state index in [2.05, 4.69) is 8.62 Å². The quantitative estimate of drug-likeness (QED) is 0.292. The molecule has 3 N–H and O–H groups in total. The summed E-state index contributed by atoms with van der Waals surface area (Å²) in [6.07, 6.45) is 4.29. The molecule has 1 unspecified atom stereocenters. The number of hydrogen-bond donors (Lipinski definition) is 3. The van der Waals surface area contributed by atoms with E-state index in [-0.39, 0.29) is 13.2 Å². The summed E-state index contributed by atoms with van der Waals surface area (Å²) in [6, 6.07) is 0. The number of phosphoric acid groups is 3. The topological polar surface area (TPSA) is 149 Å². The zero-order valence-corrected chi connectivity index (χ0v) is 15.9. The fourth-order valence-electron chi connectivity index (χ4n) is 1.42. The van der Waals surface area contributed by atoms with Gasteiger partial charge in [0.1, 0.15) is 0 Å². The molecule has 13 heteroatoms. The van der Waals surface area contributed by atoms with Gasteiger partial charge in [0.05, 0.1) is 13.2 Å². The zero-order chi connectivity index (χ0) is 18.0. The molecule has 23 heavy (non-hydrogen) atoms. The molecular formula is C10H25O10P3. The number of rotatable bonds is 14. The first kappa shape index (κ1) is 23.4. The molecule has 0 aliphatic carbocycles. The molecule has 0 heterocycles. The largest absolute Gasteiger partial charge is 0.490 e. The van der Waals surface area contributed by atoms with Crippen molar-refractivity contribution >= 4 is 23.5 Å². The minimum Gasteiger partial charge on any atom is -0.302 e. The molecule has 0 spiro atoms. The van der Waals surface area contributed by atoms with Crippen LogP contribution in [0.4, 0.5) is 0 Å². The fourth-order valence-corrected chi connectivity index (χ4v) is 5.05. The molecule has 140 valence electrons. The van der Waals surface area contributed by atoms with E-state index in [1.807, 2.05) is 13.8 Å². The molecular weight excluding hydrogens is 373 g/mol. The molecule has 0 aliphatic rings. The molecule has 0 aliphatic heterocycles. The van der Waals surface area contributed by atoms with Gasteiger partial charge in [0.2, 0.25) is 0 Å². The second-order valence-electron chi connectivity index (χ2n) is 4.65. The lowest BCUT2D eigenvalue weighted by Gasteiger charge is -2.20. The van der Waals surface area contributed by atoms with Gasteiger partial charge in [0.25, 0.3) is 0 Å². The van der Waals surface area contributed by atoms with Crippen molar-refractivity contribution in [1.82, 2.24) is 0 Å². The smallest absolute Gasteiger partial charge is 0.302 e. The van der Waals surface area contributed by atoms with E-state index < -0.39 is 23.5 Å². The second kappa shape index (κ2) is 11.1. The molecule has 0 rings (SSSR count). The van der Waals surface area contributed by atoms with Gasteiger partial charge < -0.3 is 14.7 Å². The van der Waals surface area contributed by atoms with Crippen molar-refractivity contribution in [2.24, 2.45) is 0 Å². The summed E-state index contributed by atoms with van der Waals surface area (Å²) in [5.41, 5.74) is 0. The summed E-state index contributed by atoms with van der Waals surface area (Å²) in [4.78, 5) is 26.4. The lowest BCUT2D eigenvalue weighted by atomic mass is 10.3. The minimum absolute atomic E-state index is 0.0607. The van der Waals surface area contributed by atoms with Crippen LogP contribution < -0.4 is 0 Å². The molecule has 10 nitrogen and oxygen atoms in total. The molecule has 0 aromatic heterocycles. The van der Waals surface area contributed by atoms with Crippen LogP contribution in [0.15, 0.2) is 0 Å². The fraction of sp³-hybridized carbons (Fsp3) is 1.00. The standard InChI is InChI=1S/C10H25O10P3/c1-3-5-7-9-17-23(16,18-10-8-6-4-2)20-22(14,15)19-21(11,12)13/h3-10H2,1-2H3,(H,14,15)(H2,11,12,13). The lowest BCUT2D eigenvalue weighted by molar-refractivity contribution is 0.134. The predicted molar refractivity (Wildman–Crippen MR) is 82.6 cm³/mol. The Morgan fingerprint density at radius 2 is 1.17 bits per heavy atom. The molecule has 0 amide bonds. The Hall–Kier alpha value is 0.410. The van der Waals surface area contributed by atoms with Crippen molar-refractivity contribution in [1.29, 1.82) is 0 Å². The van der Waals surface area contributed by atoms with E-state index >= 15 is 0 Å². The third-order valence-electron chi connectivity index (χ3n) is 2.41. The van der Waals surface area contributed by atoms with Gasteiger partial charge in [-0.1, -0.05) is 39.5 Å². The van der Waals surface area contributed by atoms with E-state index in [1.54, 1.807) is 0 Å². The number of hydrogen-bond acceptors (Lipinski definition) is 7. The second-order valence-corrected chi connectivity index (χ2v) is 9.29. The Labute approximate surface area is 136 Å². The van der Waals surface area contributed by atoms with Crippen LogP contribution >= 0.6 is 23.5 Å². The van der Waals surface area contributed by atoms with Crippen molar-refractivity contribution in [3.63, 3.8) is 0 Å². The van der Waals surface area contributed by atoms with Crippen molar-refractivity contribution in [3.05, 3.63) is 0 Å². The van der Waals surface area contributed by atoms with E-state index in [4.69, 9.17) is 18.8 Å². The van der Waals surface area contributed by atoms with Crippen molar-refractivity contribution in [2.45, 2.75) is 52.4 Å². The monoisotopic (exact) mass is 398 g/mol. The van der Waals surface area contributed by atoms with Gasteiger partial charge >= 0.3 is 23.5 Å². The molecule has 0 radical (unpaired) electrons. The summed E-state index contributed by atoms with van der Waals surface area (Å²) >= 11 is 0. The first-order valence-electron chi connectivity index (χ1n) is 7.23. The van der Waals surface area contributed by atoms with Gasteiger partial charge in [-0.25, -0.2) is 13.7 Å². The first-order chi connectivity index (χ1) is 10.5. The van der Waals surface area contributed by atoms with Crippen molar-refractivity contribution < 1.29 is 46.0 Å². The third kappa shape index (κ3) is 13.4. The predicted octanol–water partition coefficient (Wildman–Crippen LogP) is 3.73. The van der Waals surface area contributed by atoms with Crippen LogP contribution in [0, 0.1) is 0 Å². The van der Waals surface area contributed by atoms with E-state index in [1.165, 1.54) is 0 Å². The highest BCUT2D eigenvalue weighted by Gasteiger charge is 2.42. The van der Waals surface area contributed by atoms with E-state index in [0.29, 0.717) is 12.8 Å². The molecule has 0 aromatic rings. The summed E-state index contributed by atoms with van der Waals surface area (Å²) in [5.74, 6) is 0. The Morgan fingerprint density at radius 1 is 0.739 bits per heavy atom. The van der Waals surface area contributed by atoms with Crippen LogP contribution in [0.1, 0.15) is 52.4 Å². The molecule has 0 fully saturated rings. The van der Waals surface area contributed by atoms with Gasteiger partial charge in [0.15, 0.2) is 0 Å². The molecule has 1 atom stereocenters. The highest BCUT2D eigenvalue weighted by atomic mass is 31.3. The van der Waals surface area contributed by atoms with Crippen molar-refractivity contribution in [2.75, 3.05) is 13.2 Å². The maximum Gasteiger partial charge on any atom is 0.490 e. The summed E-state index contributed by atoms with van der Waals surface area (Å²) in [7, 11) is -15.1. The summed E-state index contributed by atoms with van der Waals surface area (Å²) in [5, 5.41) is 0. The minimum atomic E-state index is -5.32. The zero-order valence-electron chi connectivity index (χ0n) is 13.2. The number of unbranched alkanes of at least 4 members (excludes halogenated alkanes) is 4. The normalized spacial score (nSPS) is 15.5. The third-order valence-corrected chi connectivity index (χ3v) is 6.71. The van der Waals surface area contributed by atoms with Gasteiger partial charge in [-0.05, 0) is 12.8 Å². The maximum atomic E-state index is 12.3. The molecule has 0 aromatic carbocycles. The van der Waals surface area contributed by atoms with Gasteiger partial charge in [-0.3, -0.25) is 9.05 Å². The van der Waals surface area contributed by atoms with Crippen LogP contribution in [0.3, 0.4) is 0 Å². The maximum absolute atomic E-state index is 12.3. The number of phosphoric ester groups is 1. The van der Waals surface area contributed by atoms with E-state index in [0.717, 1.165) is 25.7 Å². The van der Waals surface area contributed by atoms with Gasteiger partial charge in [0, 0.05) is 0 Å². The van der Waals surface area contributed by atoms with Crippen molar-refractivity contribution in [3.8, 4) is 0 Å². The average molecular weight is 398 g/mol. The highest BCUT2D eigenvalue weighted by Crippen LogP contribution is 2.68. The van der Waals surface area contributed by atoms with Gasteiger partial charge in [-0.2, -0.15) is 8.62 Å². The summed E-state index contributed by atoms with van der Waals surface area (Å²) in [6.45, 7) is 3.75. The summed E-state index contributed by atoms with van der Waals surface area (Å²) < 4.78 is 52.1. The lowest BCUT2D eigenvalue weighted by Crippen LogP contribution is -2.03. The van der Waals surface area contributed by atoms with Gasteiger partial charge in [-0.15, -0.1) is 0 Å². The van der Waals surface area contributed by atoms with Crippen LogP contribution in [-0.4, -0.2) is 27.9 Å². The Kier molecular flexibility index (Phi) is 11.3. The molecule has 0 saturated carbocycles. The van der Waals surface area contributed by atoms with E-state index in [9.17, 15) is 18.6 Å². The first-order valence-corrected chi connectivity index (χ1v) is 11.7. The Balaban J connectivity index is 4.77. The Bertz CT molecular complexity index is 446. The van der Waals surface area contributed by atoms with Crippen LogP contribution in [0.2, 0.25) is 0 Å². The SMILES string of the molecule is CCCCCOP(=O)(OCCCCC)OP(=O)(O)OP(=O)(O)O. The van der Waals surface area contributed by atoms with Crippen LogP contribution in [0.25, 0.3) is 0 Å². The average Bonchev–Trinajstić information content (AvgIpc) is 2.36. The highest BCUT2D eigenvalue weighted by molar-refractivity contribution is 7.66. The molecule has 0 saturated heterocycles. The Morgan fingerprint density at radius 3 is 1.52 bits per heavy atom. The molecule has 0 bridgehead atoms. The van der Waals surface area contributed by atoms with Crippen LogP contribution in [-0.2, 0) is 31.4 Å².